The number of hydrogen-bond donors (Lipinski definition) is 0. The summed E-state index contributed by atoms with van der Waals surface area (Å²) in [4.78, 5) is 25.6. The van der Waals surface area contributed by atoms with Gasteiger partial charge in [0.25, 0.3) is 0 Å². The molecule has 5 heteroatoms. The lowest BCUT2D eigenvalue weighted by atomic mass is 9.74. The van der Waals surface area contributed by atoms with Crippen LogP contribution in [0.15, 0.2) is 39.9 Å². The van der Waals surface area contributed by atoms with Crippen molar-refractivity contribution in [3.63, 3.8) is 0 Å². The van der Waals surface area contributed by atoms with Crippen molar-refractivity contribution in [2.24, 2.45) is 23.2 Å². The third kappa shape index (κ3) is 0.859. The normalized spacial score (nSPS) is 43.4. The Hall–Kier alpha value is -2.04. The first-order valence-electron chi connectivity index (χ1n) is 7.66. The van der Waals surface area contributed by atoms with E-state index in [-0.39, 0.29) is 23.5 Å². The lowest BCUT2D eigenvalue weighted by molar-refractivity contribution is 0.154. The van der Waals surface area contributed by atoms with Crippen LogP contribution in [0.2, 0.25) is 0 Å². The van der Waals surface area contributed by atoms with Crippen LogP contribution in [-0.2, 0) is 0 Å². The Morgan fingerprint density at radius 3 is 2.48 bits per heavy atom. The first-order chi connectivity index (χ1) is 10.1. The second kappa shape index (κ2) is 2.80. The van der Waals surface area contributed by atoms with E-state index in [1.807, 2.05) is 30.3 Å². The molecule has 3 saturated carbocycles. The van der Waals surface area contributed by atoms with Crippen LogP contribution in [0.5, 0.6) is 0 Å². The summed E-state index contributed by atoms with van der Waals surface area (Å²) in [6, 6.07) is 9.79. The number of para-hydroxylation sites is 1. The highest BCUT2D eigenvalue weighted by Crippen LogP contribution is 2.88. The number of fused-ring (bicyclic) bond motifs is 5. The largest absolute Gasteiger partial charge is 0.352 e. The molecule has 0 radical (unpaired) electrons. The summed E-state index contributed by atoms with van der Waals surface area (Å²) in [5.74, 6) is 1.95. The van der Waals surface area contributed by atoms with Gasteiger partial charge in [-0.05, 0) is 35.8 Å². The second-order valence-electron chi connectivity index (χ2n) is 7.32. The fourth-order valence-electron chi connectivity index (χ4n) is 5.96. The van der Waals surface area contributed by atoms with Gasteiger partial charge in [-0.1, -0.05) is 25.1 Å². The van der Waals surface area contributed by atoms with Crippen LogP contribution in [0.3, 0.4) is 0 Å². The molecular formula is C16H15N3O2. The molecule has 1 aliphatic heterocycles. The molecule has 0 unspecified atom stereocenters. The molecule has 0 spiro atoms. The van der Waals surface area contributed by atoms with E-state index in [0.29, 0.717) is 22.9 Å². The minimum atomic E-state index is -0.158. The molecule has 2 aromatic rings. The molecule has 2 heterocycles. The van der Waals surface area contributed by atoms with Crippen molar-refractivity contribution in [1.29, 1.82) is 0 Å². The maximum absolute atomic E-state index is 12.8. The van der Waals surface area contributed by atoms with Crippen LogP contribution in [0.4, 0.5) is 0 Å². The maximum atomic E-state index is 12.8. The molecule has 3 aliphatic carbocycles. The Labute approximate surface area is 120 Å². The van der Waals surface area contributed by atoms with Crippen molar-refractivity contribution >= 4 is 0 Å². The summed E-state index contributed by atoms with van der Waals surface area (Å²) in [6.07, 6.45) is 1.07. The Morgan fingerprint density at radius 2 is 1.76 bits per heavy atom. The van der Waals surface area contributed by atoms with E-state index < -0.39 is 0 Å². The molecule has 0 bridgehead atoms. The fourth-order valence-corrected chi connectivity index (χ4v) is 5.96. The van der Waals surface area contributed by atoms with Gasteiger partial charge in [-0.3, -0.25) is 0 Å². The van der Waals surface area contributed by atoms with Gasteiger partial charge in [-0.15, -0.1) is 0 Å². The van der Waals surface area contributed by atoms with Gasteiger partial charge in [0, 0.05) is 5.92 Å². The highest BCUT2D eigenvalue weighted by Gasteiger charge is 2.86. The van der Waals surface area contributed by atoms with E-state index in [1.165, 1.54) is 4.57 Å². The van der Waals surface area contributed by atoms with Crippen LogP contribution in [0, 0.1) is 23.2 Å². The zero-order valence-corrected chi connectivity index (χ0v) is 11.6. The molecular weight excluding hydrogens is 266 g/mol. The zero-order chi connectivity index (χ0) is 14.1. The predicted octanol–water partition coefficient (Wildman–Crippen LogP) is 1.18. The minimum Gasteiger partial charge on any atom is -0.245 e. The Bertz CT molecular complexity index is 884. The van der Waals surface area contributed by atoms with Gasteiger partial charge in [0.05, 0.1) is 17.8 Å². The quantitative estimate of drug-likeness (QED) is 0.788. The van der Waals surface area contributed by atoms with E-state index in [9.17, 15) is 9.59 Å². The topological polar surface area (TPSA) is 48.9 Å². The van der Waals surface area contributed by atoms with Gasteiger partial charge >= 0.3 is 11.4 Å². The van der Waals surface area contributed by atoms with E-state index in [0.717, 1.165) is 12.3 Å². The number of nitrogens with zero attached hydrogens (tertiary/aromatic N) is 3. The lowest BCUT2D eigenvalue weighted by Gasteiger charge is -2.32. The SMILES string of the molecule is C[C@]12C[C@@H]3[C@@H]4[C@H]([C@H]1[C@H]42)n1c(=O)n(-c2ccccc2)c(=O)n13. The molecule has 4 aliphatic rings. The average Bonchev–Trinajstić information content (AvgIpc) is 2.61. The van der Waals surface area contributed by atoms with Crippen molar-refractivity contribution in [2.45, 2.75) is 25.4 Å². The van der Waals surface area contributed by atoms with Gasteiger partial charge in [0.1, 0.15) is 0 Å². The summed E-state index contributed by atoms with van der Waals surface area (Å²) < 4.78 is 4.89. The number of benzene rings is 1. The van der Waals surface area contributed by atoms with Gasteiger partial charge in [-0.25, -0.2) is 23.5 Å². The maximum Gasteiger partial charge on any atom is 0.352 e. The van der Waals surface area contributed by atoms with Crippen LogP contribution >= 0.6 is 0 Å². The molecule has 3 fully saturated rings. The van der Waals surface area contributed by atoms with Crippen LogP contribution in [0.25, 0.3) is 5.69 Å². The predicted molar refractivity (Wildman–Crippen MR) is 75.6 cm³/mol. The molecule has 1 aromatic carbocycles. The standard InChI is InChI=1S/C16H15N3O2/c1-16-7-9-10-11(16)12(16)13(10)19-15(21)17(14(20)18(9)19)8-5-3-2-4-6-8/h2-6,9-13H,7H2,1H3/t9-,10+,11+,12-,13-,16-/m1/s1. The summed E-state index contributed by atoms with van der Waals surface area (Å²) >= 11 is 0. The Kier molecular flexibility index (Phi) is 1.42. The number of aromatic nitrogens is 3. The highest BCUT2D eigenvalue weighted by atomic mass is 16.2. The molecule has 6 rings (SSSR count). The first kappa shape index (κ1) is 10.7. The number of hydrogen-bond acceptors (Lipinski definition) is 2. The fraction of sp³-hybridized carbons (Fsp3) is 0.500. The van der Waals surface area contributed by atoms with Crippen molar-refractivity contribution in [3.8, 4) is 5.69 Å². The van der Waals surface area contributed by atoms with Crippen molar-refractivity contribution in [3.05, 3.63) is 51.3 Å². The highest BCUT2D eigenvalue weighted by molar-refractivity contribution is 5.35. The molecule has 1 aromatic heterocycles. The summed E-state index contributed by atoms with van der Waals surface area (Å²) in [6.45, 7) is 2.34. The average molecular weight is 281 g/mol. The van der Waals surface area contributed by atoms with E-state index in [1.54, 1.807) is 9.36 Å². The first-order valence-corrected chi connectivity index (χ1v) is 7.66. The lowest BCUT2D eigenvalue weighted by Crippen LogP contribution is -2.38. The summed E-state index contributed by atoms with van der Waals surface area (Å²) in [5.41, 5.74) is 0.766. The van der Waals surface area contributed by atoms with E-state index in [4.69, 9.17) is 0 Å². The third-order valence-electron chi connectivity index (χ3n) is 6.69. The molecule has 6 atom stereocenters. The van der Waals surface area contributed by atoms with Crippen molar-refractivity contribution in [1.82, 2.24) is 13.9 Å². The zero-order valence-electron chi connectivity index (χ0n) is 11.6. The van der Waals surface area contributed by atoms with Crippen LogP contribution < -0.4 is 11.4 Å². The Balaban J connectivity index is 1.64. The molecule has 0 N–H and O–H groups in total. The molecule has 5 nitrogen and oxygen atoms in total. The van der Waals surface area contributed by atoms with Crippen LogP contribution in [-0.4, -0.2) is 13.9 Å². The van der Waals surface area contributed by atoms with Gasteiger partial charge in [0.15, 0.2) is 0 Å². The van der Waals surface area contributed by atoms with Gasteiger partial charge in [-0.2, -0.15) is 0 Å². The molecule has 106 valence electrons. The monoisotopic (exact) mass is 281 g/mol. The Morgan fingerprint density at radius 1 is 1.05 bits per heavy atom. The molecule has 21 heavy (non-hydrogen) atoms. The minimum absolute atomic E-state index is 0.154. The smallest absolute Gasteiger partial charge is 0.245 e. The molecule has 0 saturated heterocycles. The van der Waals surface area contributed by atoms with Crippen LogP contribution in [0.1, 0.15) is 25.4 Å². The summed E-state index contributed by atoms with van der Waals surface area (Å²) in [5, 5.41) is 0. The summed E-state index contributed by atoms with van der Waals surface area (Å²) in [7, 11) is 0. The van der Waals surface area contributed by atoms with Gasteiger partial charge < -0.3 is 0 Å². The second-order valence-corrected chi connectivity index (χ2v) is 7.32. The van der Waals surface area contributed by atoms with Crippen molar-refractivity contribution < 1.29 is 0 Å². The van der Waals surface area contributed by atoms with E-state index >= 15 is 0 Å². The molecule has 0 amide bonds. The van der Waals surface area contributed by atoms with Gasteiger partial charge in [0.2, 0.25) is 0 Å². The van der Waals surface area contributed by atoms with Crippen molar-refractivity contribution in [2.75, 3.05) is 0 Å². The number of rotatable bonds is 1. The third-order valence-corrected chi connectivity index (χ3v) is 6.69. The van der Waals surface area contributed by atoms with E-state index in [2.05, 4.69) is 6.92 Å².